The van der Waals surface area contributed by atoms with E-state index in [0.29, 0.717) is 16.1 Å². The minimum Gasteiger partial charge on any atom is -0.457 e. The summed E-state index contributed by atoms with van der Waals surface area (Å²) in [6.07, 6.45) is 0. The van der Waals surface area contributed by atoms with Gasteiger partial charge in [0.25, 0.3) is 5.22 Å². The Morgan fingerprint density at radius 2 is 1.93 bits per heavy atom. The maximum absolute atomic E-state index is 12.2. The van der Waals surface area contributed by atoms with Crippen LogP contribution in [0.2, 0.25) is 5.02 Å². The number of Topliss-reactive ketones (excluding diaryl/α,β-unsaturated/α-hetero) is 1. The first kappa shape index (κ1) is 20.1. The number of aryl methyl sites for hydroxylation is 2. The van der Waals surface area contributed by atoms with Crippen LogP contribution in [0.4, 0.5) is 0 Å². The molecule has 0 unspecified atom stereocenters. The van der Waals surface area contributed by atoms with Gasteiger partial charge in [-0.05, 0) is 31.5 Å². The molecule has 0 N–H and O–H groups in total. The molecule has 0 radical (unpaired) electrons. The van der Waals surface area contributed by atoms with E-state index in [1.54, 1.807) is 24.3 Å². The molecule has 3 rings (SSSR count). The van der Waals surface area contributed by atoms with Crippen LogP contribution in [0.3, 0.4) is 0 Å². The monoisotopic (exact) mass is 416 g/mol. The van der Waals surface area contributed by atoms with Crippen LogP contribution >= 0.6 is 23.4 Å². The van der Waals surface area contributed by atoms with Crippen molar-refractivity contribution in [1.29, 1.82) is 0 Å². The van der Waals surface area contributed by atoms with Crippen molar-refractivity contribution in [1.82, 2.24) is 10.2 Å². The van der Waals surface area contributed by atoms with Gasteiger partial charge >= 0.3 is 5.97 Å². The Morgan fingerprint density at radius 1 is 1.14 bits per heavy atom. The van der Waals surface area contributed by atoms with Gasteiger partial charge in [0.2, 0.25) is 11.7 Å². The summed E-state index contributed by atoms with van der Waals surface area (Å²) >= 11 is 7.13. The Morgan fingerprint density at radius 3 is 2.68 bits per heavy atom. The molecule has 0 atom stereocenters. The van der Waals surface area contributed by atoms with Gasteiger partial charge in [0, 0.05) is 5.56 Å². The summed E-state index contributed by atoms with van der Waals surface area (Å²) in [5, 5.41) is 8.52. The summed E-state index contributed by atoms with van der Waals surface area (Å²) in [4.78, 5) is 24.1. The maximum Gasteiger partial charge on any atom is 0.316 e. The number of hydrogen-bond donors (Lipinski definition) is 0. The average Bonchev–Trinajstić information content (AvgIpc) is 3.13. The zero-order chi connectivity index (χ0) is 20.1. The third-order valence-electron chi connectivity index (χ3n) is 3.87. The largest absolute Gasteiger partial charge is 0.457 e. The van der Waals surface area contributed by atoms with E-state index < -0.39 is 5.97 Å². The molecule has 0 saturated carbocycles. The Bertz CT molecular complexity index is 1020. The number of halogens is 1. The quantitative estimate of drug-likeness (QED) is 0.318. The number of thioether (sulfide) groups is 1. The fourth-order valence-corrected chi connectivity index (χ4v) is 3.30. The third kappa shape index (κ3) is 4.99. The van der Waals surface area contributed by atoms with Crippen molar-refractivity contribution in [2.75, 3.05) is 12.4 Å². The Kier molecular flexibility index (Phi) is 6.49. The molecular formula is C20H17ClN2O4S. The van der Waals surface area contributed by atoms with Gasteiger partial charge in [-0.15, -0.1) is 10.2 Å². The molecule has 0 bridgehead atoms. The SMILES string of the molecule is Cc1ccc(C(=O)COC(=O)CSc2nnc(-c3ccccc3Cl)o2)c(C)c1. The van der Waals surface area contributed by atoms with Crippen molar-refractivity contribution in [2.24, 2.45) is 0 Å². The van der Waals surface area contributed by atoms with Gasteiger partial charge in [0.1, 0.15) is 5.75 Å². The van der Waals surface area contributed by atoms with Crippen molar-refractivity contribution < 1.29 is 18.7 Å². The maximum atomic E-state index is 12.2. The molecule has 1 aromatic heterocycles. The van der Waals surface area contributed by atoms with Crippen molar-refractivity contribution in [2.45, 2.75) is 19.1 Å². The number of aromatic nitrogens is 2. The topological polar surface area (TPSA) is 82.3 Å². The Labute approximate surface area is 171 Å². The second-order valence-electron chi connectivity index (χ2n) is 6.04. The zero-order valence-corrected chi connectivity index (χ0v) is 16.8. The fourth-order valence-electron chi connectivity index (χ4n) is 2.52. The molecule has 8 heteroatoms. The fraction of sp³-hybridized carbons (Fsp3) is 0.200. The summed E-state index contributed by atoms with van der Waals surface area (Å²) in [5.74, 6) is -0.564. The van der Waals surface area contributed by atoms with Crippen LogP contribution in [0.5, 0.6) is 0 Å². The van der Waals surface area contributed by atoms with E-state index in [9.17, 15) is 9.59 Å². The second-order valence-corrected chi connectivity index (χ2v) is 7.38. The summed E-state index contributed by atoms with van der Waals surface area (Å²) < 4.78 is 10.6. The minimum absolute atomic E-state index is 0.0513. The van der Waals surface area contributed by atoms with Gasteiger partial charge in [-0.1, -0.05) is 59.3 Å². The van der Waals surface area contributed by atoms with Crippen molar-refractivity contribution in [3.05, 3.63) is 64.2 Å². The molecule has 1 heterocycles. The number of carbonyl (C=O) groups is 2. The number of carbonyl (C=O) groups excluding carboxylic acids is 2. The number of rotatable bonds is 7. The lowest BCUT2D eigenvalue weighted by molar-refractivity contribution is -0.139. The van der Waals surface area contributed by atoms with Crippen LogP contribution in [0, 0.1) is 13.8 Å². The second kappa shape index (κ2) is 9.03. The molecule has 3 aromatic rings. The molecule has 144 valence electrons. The molecule has 0 aliphatic carbocycles. The summed E-state index contributed by atoms with van der Waals surface area (Å²) in [6, 6.07) is 12.6. The molecule has 0 amide bonds. The number of ketones is 1. The molecule has 0 fully saturated rings. The van der Waals surface area contributed by atoms with Crippen LogP contribution in [-0.4, -0.2) is 34.3 Å². The van der Waals surface area contributed by atoms with E-state index >= 15 is 0 Å². The summed E-state index contributed by atoms with van der Waals surface area (Å²) in [7, 11) is 0. The molecule has 0 saturated heterocycles. The molecule has 0 aliphatic rings. The Hall–Kier alpha value is -2.64. The summed E-state index contributed by atoms with van der Waals surface area (Å²) in [5.41, 5.74) is 3.09. The average molecular weight is 417 g/mol. The van der Waals surface area contributed by atoms with E-state index in [-0.39, 0.29) is 29.3 Å². The molecule has 2 aromatic carbocycles. The predicted octanol–water partition coefficient (Wildman–Crippen LogP) is 4.53. The number of ether oxygens (including phenoxy) is 1. The highest BCUT2D eigenvalue weighted by Gasteiger charge is 2.15. The van der Waals surface area contributed by atoms with Gasteiger partial charge < -0.3 is 9.15 Å². The van der Waals surface area contributed by atoms with E-state index in [1.807, 2.05) is 32.0 Å². The molecule has 6 nitrogen and oxygen atoms in total. The predicted molar refractivity (Wildman–Crippen MR) is 107 cm³/mol. The van der Waals surface area contributed by atoms with Crippen LogP contribution < -0.4 is 0 Å². The smallest absolute Gasteiger partial charge is 0.316 e. The van der Waals surface area contributed by atoms with Gasteiger partial charge in [0.05, 0.1) is 10.6 Å². The first-order valence-corrected chi connectivity index (χ1v) is 9.77. The van der Waals surface area contributed by atoms with Crippen molar-refractivity contribution in [3.63, 3.8) is 0 Å². The lowest BCUT2D eigenvalue weighted by Crippen LogP contribution is -2.16. The van der Waals surface area contributed by atoms with E-state index in [1.165, 1.54) is 0 Å². The highest BCUT2D eigenvalue weighted by atomic mass is 35.5. The van der Waals surface area contributed by atoms with Crippen LogP contribution in [0.25, 0.3) is 11.5 Å². The molecule has 0 spiro atoms. The number of esters is 1. The molecule has 28 heavy (non-hydrogen) atoms. The van der Waals surface area contributed by atoms with E-state index in [2.05, 4.69) is 10.2 Å². The standard InChI is InChI=1S/C20H17ClN2O4S/c1-12-7-8-14(13(2)9-12)17(24)10-26-18(25)11-28-20-23-22-19(27-20)15-5-3-4-6-16(15)21/h3-9H,10-11H2,1-2H3. The van der Waals surface area contributed by atoms with E-state index in [4.69, 9.17) is 20.8 Å². The molecule has 0 aliphatic heterocycles. The highest BCUT2D eigenvalue weighted by Crippen LogP contribution is 2.28. The van der Waals surface area contributed by atoms with Crippen LogP contribution in [-0.2, 0) is 9.53 Å². The number of nitrogens with zero attached hydrogens (tertiary/aromatic N) is 2. The van der Waals surface area contributed by atoms with Gasteiger partial charge in [0.15, 0.2) is 6.61 Å². The van der Waals surface area contributed by atoms with E-state index in [0.717, 1.165) is 22.9 Å². The highest BCUT2D eigenvalue weighted by molar-refractivity contribution is 7.99. The first-order valence-electron chi connectivity index (χ1n) is 8.41. The summed E-state index contributed by atoms with van der Waals surface area (Å²) in [6.45, 7) is 3.50. The van der Waals surface area contributed by atoms with Gasteiger partial charge in [-0.25, -0.2) is 0 Å². The van der Waals surface area contributed by atoms with Crippen LogP contribution in [0.1, 0.15) is 21.5 Å². The normalized spacial score (nSPS) is 10.7. The first-order chi connectivity index (χ1) is 13.4. The third-order valence-corrected chi connectivity index (χ3v) is 4.99. The zero-order valence-electron chi connectivity index (χ0n) is 15.3. The van der Waals surface area contributed by atoms with Crippen LogP contribution in [0.15, 0.2) is 52.1 Å². The lowest BCUT2D eigenvalue weighted by Gasteiger charge is -2.07. The van der Waals surface area contributed by atoms with Gasteiger partial charge in [-0.3, -0.25) is 9.59 Å². The number of benzene rings is 2. The van der Waals surface area contributed by atoms with Gasteiger partial charge in [-0.2, -0.15) is 0 Å². The Balaban J connectivity index is 1.51. The molecular weight excluding hydrogens is 400 g/mol. The minimum atomic E-state index is -0.541. The van der Waals surface area contributed by atoms with Crippen molar-refractivity contribution in [3.8, 4) is 11.5 Å². The number of hydrogen-bond acceptors (Lipinski definition) is 7. The lowest BCUT2D eigenvalue weighted by atomic mass is 10.0. The van der Waals surface area contributed by atoms with Crippen molar-refractivity contribution >= 4 is 35.1 Å².